The largest absolute Gasteiger partial charge is 0.340 e. The molecule has 0 bridgehead atoms. The molecule has 0 heterocycles. The summed E-state index contributed by atoms with van der Waals surface area (Å²) < 4.78 is 0. The van der Waals surface area contributed by atoms with Crippen LogP contribution in [-0.2, 0) is 4.79 Å². The van der Waals surface area contributed by atoms with Crippen LogP contribution in [-0.4, -0.2) is 11.4 Å². The molecule has 0 spiro atoms. The zero-order valence-corrected chi connectivity index (χ0v) is 13.1. The van der Waals surface area contributed by atoms with Crippen molar-refractivity contribution in [2.45, 2.75) is 90.5 Å². The molecule has 0 unspecified atom stereocenters. The van der Waals surface area contributed by atoms with Gasteiger partial charge >= 0.3 is 0 Å². The molecular weight excluding hydrogens is 234 g/mol. The van der Waals surface area contributed by atoms with Crippen LogP contribution in [0.5, 0.6) is 0 Å². The number of amides is 1. The van der Waals surface area contributed by atoms with E-state index in [1.807, 2.05) is 13.8 Å². The topological polar surface area (TPSA) is 29.1 Å². The van der Waals surface area contributed by atoms with E-state index in [1.54, 1.807) is 0 Å². The van der Waals surface area contributed by atoms with E-state index in [2.05, 4.69) is 18.2 Å². The highest BCUT2D eigenvalue weighted by molar-refractivity contribution is 5.77. The minimum absolute atomic E-state index is 0.0749. The molecule has 0 aliphatic heterocycles. The van der Waals surface area contributed by atoms with Crippen LogP contribution in [0.1, 0.15) is 85.0 Å². The van der Waals surface area contributed by atoms with Gasteiger partial charge in [-0.25, -0.2) is 0 Å². The predicted molar refractivity (Wildman–Crippen MR) is 82.9 cm³/mol. The minimum atomic E-state index is -0.517. The lowest BCUT2D eigenvalue weighted by molar-refractivity contribution is -0.122. The van der Waals surface area contributed by atoms with Crippen LogP contribution >= 0.6 is 0 Å². The Balaban J connectivity index is 3.35. The summed E-state index contributed by atoms with van der Waals surface area (Å²) >= 11 is 0. The molecule has 0 aromatic carbocycles. The van der Waals surface area contributed by atoms with E-state index in [0.29, 0.717) is 6.42 Å². The van der Waals surface area contributed by atoms with Crippen molar-refractivity contribution in [3.8, 4) is 12.3 Å². The standard InChI is InChI=1S/C17H31NO/c1-5-7-8-9-10-11-12-13-14-15-16(19)18-17(3,4)6-2/h2H,5,7-15H2,1,3-4H3,(H,18,19). The van der Waals surface area contributed by atoms with Crippen molar-refractivity contribution in [3.63, 3.8) is 0 Å². The molecule has 0 fully saturated rings. The summed E-state index contributed by atoms with van der Waals surface area (Å²) in [6.07, 6.45) is 17.4. The second kappa shape index (κ2) is 10.9. The van der Waals surface area contributed by atoms with Gasteiger partial charge in [0.05, 0.1) is 5.54 Å². The highest BCUT2D eigenvalue weighted by atomic mass is 16.1. The number of hydrogen-bond donors (Lipinski definition) is 1. The molecule has 2 heteroatoms. The SMILES string of the molecule is C#CC(C)(C)NC(=O)CCCCCCCCCCC. The Kier molecular flexibility index (Phi) is 10.4. The highest BCUT2D eigenvalue weighted by Gasteiger charge is 2.15. The lowest BCUT2D eigenvalue weighted by atomic mass is 10.0. The van der Waals surface area contributed by atoms with E-state index in [1.165, 1.54) is 44.9 Å². The fraction of sp³-hybridized carbons (Fsp3) is 0.824. The van der Waals surface area contributed by atoms with Crippen LogP contribution < -0.4 is 5.32 Å². The minimum Gasteiger partial charge on any atom is -0.340 e. The van der Waals surface area contributed by atoms with Gasteiger partial charge in [-0.1, -0.05) is 64.2 Å². The molecular formula is C17H31NO. The third-order valence-corrected chi connectivity index (χ3v) is 3.32. The summed E-state index contributed by atoms with van der Waals surface area (Å²) in [5, 5.41) is 2.86. The smallest absolute Gasteiger partial charge is 0.221 e. The van der Waals surface area contributed by atoms with Gasteiger partial charge in [-0.05, 0) is 20.3 Å². The second-order valence-electron chi connectivity index (χ2n) is 5.90. The molecule has 0 radical (unpaired) electrons. The van der Waals surface area contributed by atoms with E-state index in [0.717, 1.165) is 12.8 Å². The molecule has 0 rings (SSSR count). The van der Waals surface area contributed by atoms with Crippen molar-refractivity contribution in [1.82, 2.24) is 5.32 Å². The summed E-state index contributed by atoms with van der Waals surface area (Å²) in [5.74, 6) is 2.65. The maximum absolute atomic E-state index is 11.6. The van der Waals surface area contributed by atoms with Gasteiger partial charge in [0.15, 0.2) is 0 Å². The first-order valence-electron chi connectivity index (χ1n) is 7.80. The van der Waals surface area contributed by atoms with Crippen LogP contribution in [0.4, 0.5) is 0 Å². The number of nitrogens with one attached hydrogen (secondary N) is 1. The maximum atomic E-state index is 11.6. The number of rotatable bonds is 11. The third-order valence-electron chi connectivity index (χ3n) is 3.32. The van der Waals surface area contributed by atoms with Crippen molar-refractivity contribution in [2.75, 3.05) is 0 Å². The second-order valence-corrected chi connectivity index (χ2v) is 5.90. The maximum Gasteiger partial charge on any atom is 0.221 e. The fourth-order valence-electron chi connectivity index (χ4n) is 2.04. The molecule has 19 heavy (non-hydrogen) atoms. The van der Waals surface area contributed by atoms with Gasteiger partial charge in [-0.15, -0.1) is 6.42 Å². The first kappa shape index (κ1) is 18.0. The lowest BCUT2D eigenvalue weighted by Gasteiger charge is -2.19. The summed E-state index contributed by atoms with van der Waals surface area (Å²) in [6, 6.07) is 0. The van der Waals surface area contributed by atoms with Crippen LogP contribution in [0.3, 0.4) is 0 Å². The van der Waals surface area contributed by atoms with Crippen molar-refractivity contribution < 1.29 is 4.79 Å². The Labute approximate surface area is 119 Å². The number of carbonyl (C=O) groups excluding carboxylic acids is 1. The summed E-state index contributed by atoms with van der Waals surface area (Å²) in [6.45, 7) is 5.94. The zero-order chi connectivity index (χ0) is 14.6. The van der Waals surface area contributed by atoms with Crippen molar-refractivity contribution in [1.29, 1.82) is 0 Å². The Morgan fingerprint density at radius 3 is 1.95 bits per heavy atom. The van der Waals surface area contributed by atoms with Crippen LogP contribution in [0.2, 0.25) is 0 Å². The molecule has 0 saturated heterocycles. The molecule has 0 aromatic rings. The highest BCUT2D eigenvalue weighted by Crippen LogP contribution is 2.10. The number of terminal acetylenes is 1. The quantitative estimate of drug-likeness (QED) is 0.434. The van der Waals surface area contributed by atoms with E-state index in [4.69, 9.17) is 6.42 Å². The average molecular weight is 265 g/mol. The Bertz CT molecular complexity index is 275. The van der Waals surface area contributed by atoms with E-state index in [-0.39, 0.29) is 5.91 Å². The van der Waals surface area contributed by atoms with E-state index < -0.39 is 5.54 Å². The van der Waals surface area contributed by atoms with Crippen LogP contribution in [0, 0.1) is 12.3 Å². The van der Waals surface area contributed by atoms with Gasteiger partial charge in [0, 0.05) is 6.42 Å². The van der Waals surface area contributed by atoms with E-state index in [9.17, 15) is 4.79 Å². The third kappa shape index (κ3) is 11.8. The molecule has 0 saturated carbocycles. The van der Waals surface area contributed by atoms with Crippen molar-refractivity contribution in [3.05, 3.63) is 0 Å². The molecule has 0 aliphatic carbocycles. The number of hydrogen-bond acceptors (Lipinski definition) is 1. The lowest BCUT2D eigenvalue weighted by Crippen LogP contribution is -2.41. The summed E-state index contributed by atoms with van der Waals surface area (Å²) in [5.41, 5.74) is -0.517. The molecule has 110 valence electrons. The van der Waals surface area contributed by atoms with Crippen molar-refractivity contribution >= 4 is 5.91 Å². The first-order valence-corrected chi connectivity index (χ1v) is 7.80. The summed E-state index contributed by atoms with van der Waals surface area (Å²) in [7, 11) is 0. The van der Waals surface area contributed by atoms with Gasteiger partial charge in [0.2, 0.25) is 5.91 Å². The zero-order valence-electron chi connectivity index (χ0n) is 13.1. The van der Waals surface area contributed by atoms with Crippen molar-refractivity contribution in [2.24, 2.45) is 0 Å². The number of unbranched alkanes of at least 4 members (excludes halogenated alkanes) is 8. The molecule has 1 N–H and O–H groups in total. The number of carbonyl (C=O) groups is 1. The molecule has 0 aromatic heterocycles. The molecule has 1 amide bonds. The predicted octanol–water partition coefficient (Wildman–Crippen LogP) is 4.44. The average Bonchev–Trinajstić information content (AvgIpc) is 2.36. The normalized spacial score (nSPS) is 11.1. The molecule has 0 aliphatic rings. The van der Waals surface area contributed by atoms with Gasteiger partial charge in [-0.2, -0.15) is 0 Å². The van der Waals surface area contributed by atoms with Gasteiger partial charge < -0.3 is 5.32 Å². The van der Waals surface area contributed by atoms with Gasteiger partial charge in [0.25, 0.3) is 0 Å². The van der Waals surface area contributed by atoms with Crippen LogP contribution in [0.25, 0.3) is 0 Å². The van der Waals surface area contributed by atoms with Gasteiger partial charge in [-0.3, -0.25) is 4.79 Å². The Morgan fingerprint density at radius 1 is 1.00 bits per heavy atom. The Hall–Kier alpha value is -0.970. The van der Waals surface area contributed by atoms with Crippen LogP contribution in [0.15, 0.2) is 0 Å². The fourth-order valence-corrected chi connectivity index (χ4v) is 2.04. The summed E-state index contributed by atoms with van der Waals surface area (Å²) in [4.78, 5) is 11.6. The first-order chi connectivity index (χ1) is 9.02. The Morgan fingerprint density at radius 2 is 1.47 bits per heavy atom. The van der Waals surface area contributed by atoms with E-state index >= 15 is 0 Å². The monoisotopic (exact) mass is 265 g/mol. The molecule has 2 nitrogen and oxygen atoms in total. The molecule has 0 atom stereocenters. The van der Waals surface area contributed by atoms with Gasteiger partial charge in [0.1, 0.15) is 0 Å².